The van der Waals surface area contributed by atoms with E-state index in [1.54, 1.807) is 24.4 Å². The molecular weight excluding hydrogens is 374 g/mol. The third-order valence-corrected chi connectivity index (χ3v) is 4.44. The molecule has 1 saturated heterocycles. The quantitative estimate of drug-likeness (QED) is 0.613. The van der Waals surface area contributed by atoms with Crippen molar-refractivity contribution in [3.8, 4) is 17.0 Å². The van der Waals surface area contributed by atoms with Crippen molar-refractivity contribution >= 4 is 29.2 Å². The summed E-state index contributed by atoms with van der Waals surface area (Å²) in [6.45, 7) is 0.725. The Labute approximate surface area is 166 Å². The molecule has 1 fully saturated rings. The van der Waals surface area contributed by atoms with Gasteiger partial charge in [-0.1, -0.05) is 30.3 Å². The first-order chi connectivity index (χ1) is 14.2. The second kappa shape index (κ2) is 7.93. The molecule has 9 nitrogen and oxygen atoms in total. The molecule has 3 aromatic rings. The molecule has 3 amide bonds. The van der Waals surface area contributed by atoms with E-state index in [1.165, 1.54) is 12.0 Å². The van der Waals surface area contributed by atoms with Crippen molar-refractivity contribution in [2.75, 3.05) is 35.8 Å². The Hall–Kier alpha value is -4.01. The normalized spacial score (nSPS) is 13.1. The second-order valence-electron chi connectivity index (χ2n) is 6.26. The van der Waals surface area contributed by atoms with Crippen LogP contribution in [-0.4, -0.2) is 42.6 Å². The standard InChI is InChI=1S/C20H19N5O4/c1-28-17-8-7-14(11-16(17)25-9-10-29-20(25)27)22-19(26)23-15-12-21-24-18(15)13-5-3-2-4-6-13/h2-8,11-12H,9-10H2,1H3,(H,21,24)(H2,22,23,26). The third-order valence-electron chi connectivity index (χ3n) is 4.44. The number of H-pyrrole nitrogens is 1. The zero-order valence-corrected chi connectivity index (χ0v) is 15.6. The highest BCUT2D eigenvalue weighted by molar-refractivity contribution is 6.02. The fourth-order valence-corrected chi connectivity index (χ4v) is 3.08. The lowest BCUT2D eigenvalue weighted by atomic mass is 10.1. The van der Waals surface area contributed by atoms with E-state index in [0.29, 0.717) is 41.7 Å². The number of methoxy groups -OCH3 is 1. The molecule has 2 heterocycles. The number of nitrogens with zero attached hydrogens (tertiary/aromatic N) is 2. The predicted octanol–water partition coefficient (Wildman–Crippen LogP) is 3.69. The van der Waals surface area contributed by atoms with Gasteiger partial charge in [-0.2, -0.15) is 5.10 Å². The molecule has 0 radical (unpaired) electrons. The van der Waals surface area contributed by atoms with Crippen molar-refractivity contribution in [1.29, 1.82) is 0 Å². The largest absolute Gasteiger partial charge is 0.495 e. The van der Waals surface area contributed by atoms with Crippen LogP contribution >= 0.6 is 0 Å². The van der Waals surface area contributed by atoms with Gasteiger partial charge >= 0.3 is 12.1 Å². The van der Waals surface area contributed by atoms with Crippen LogP contribution in [0, 0.1) is 0 Å². The molecule has 1 aliphatic rings. The van der Waals surface area contributed by atoms with E-state index in [0.717, 1.165) is 5.56 Å². The van der Waals surface area contributed by atoms with Gasteiger partial charge in [-0.05, 0) is 18.2 Å². The molecule has 1 aliphatic heterocycles. The summed E-state index contributed by atoms with van der Waals surface area (Å²) in [7, 11) is 1.52. The average molecular weight is 393 g/mol. The van der Waals surface area contributed by atoms with Crippen LogP contribution < -0.4 is 20.3 Å². The smallest absolute Gasteiger partial charge is 0.414 e. The van der Waals surface area contributed by atoms with E-state index >= 15 is 0 Å². The monoisotopic (exact) mass is 393 g/mol. The number of ether oxygens (including phenoxy) is 2. The number of rotatable bonds is 5. The molecule has 4 rings (SSSR count). The molecule has 29 heavy (non-hydrogen) atoms. The number of carbonyl (C=O) groups excluding carboxylic acids is 2. The summed E-state index contributed by atoms with van der Waals surface area (Å²) < 4.78 is 10.3. The lowest BCUT2D eigenvalue weighted by molar-refractivity contribution is 0.181. The number of benzene rings is 2. The van der Waals surface area contributed by atoms with Gasteiger partial charge in [0.25, 0.3) is 0 Å². The molecule has 0 atom stereocenters. The second-order valence-corrected chi connectivity index (χ2v) is 6.26. The first-order valence-electron chi connectivity index (χ1n) is 8.95. The van der Waals surface area contributed by atoms with Gasteiger partial charge in [0.1, 0.15) is 12.4 Å². The van der Waals surface area contributed by atoms with Crippen LogP contribution in [0.2, 0.25) is 0 Å². The van der Waals surface area contributed by atoms with Crippen LogP contribution in [0.3, 0.4) is 0 Å². The zero-order chi connectivity index (χ0) is 20.2. The topological polar surface area (TPSA) is 109 Å². The highest BCUT2D eigenvalue weighted by atomic mass is 16.6. The lowest BCUT2D eigenvalue weighted by Gasteiger charge is -2.18. The number of aromatic nitrogens is 2. The number of hydrogen-bond acceptors (Lipinski definition) is 5. The number of hydrogen-bond donors (Lipinski definition) is 3. The molecule has 0 bridgehead atoms. The summed E-state index contributed by atoms with van der Waals surface area (Å²) in [6.07, 6.45) is 1.09. The number of carbonyl (C=O) groups is 2. The number of aromatic amines is 1. The van der Waals surface area contributed by atoms with Gasteiger partial charge in [0.05, 0.1) is 36.9 Å². The van der Waals surface area contributed by atoms with Gasteiger partial charge in [-0.25, -0.2) is 9.59 Å². The van der Waals surface area contributed by atoms with Gasteiger partial charge in [0.15, 0.2) is 0 Å². The van der Waals surface area contributed by atoms with E-state index < -0.39 is 12.1 Å². The van der Waals surface area contributed by atoms with Crippen molar-refractivity contribution < 1.29 is 19.1 Å². The Bertz CT molecular complexity index is 1030. The number of amides is 3. The van der Waals surface area contributed by atoms with Crippen molar-refractivity contribution in [3.63, 3.8) is 0 Å². The Balaban J connectivity index is 1.51. The molecule has 148 valence electrons. The summed E-state index contributed by atoms with van der Waals surface area (Å²) in [5.41, 5.74) is 3.19. The molecule has 1 aromatic heterocycles. The fourth-order valence-electron chi connectivity index (χ4n) is 3.08. The van der Waals surface area contributed by atoms with E-state index in [1.807, 2.05) is 30.3 Å². The zero-order valence-electron chi connectivity index (χ0n) is 15.6. The molecule has 0 spiro atoms. The minimum atomic E-state index is -0.448. The third kappa shape index (κ3) is 3.84. The predicted molar refractivity (Wildman–Crippen MR) is 108 cm³/mol. The first kappa shape index (κ1) is 18.4. The number of anilines is 3. The van der Waals surface area contributed by atoms with E-state index in [-0.39, 0.29) is 0 Å². The first-order valence-corrected chi connectivity index (χ1v) is 8.95. The van der Waals surface area contributed by atoms with E-state index in [9.17, 15) is 9.59 Å². The molecule has 3 N–H and O–H groups in total. The van der Waals surface area contributed by atoms with Gasteiger partial charge in [0.2, 0.25) is 0 Å². The molecular formula is C20H19N5O4. The van der Waals surface area contributed by atoms with Crippen molar-refractivity contribution in [3.05, 3.63) is 54.7 Å². The molecule has 0 saturated carbocycles. The maximum atomic E-state index is 12.5. The van der Waals surface area contributed by atoms with Gasteiger partial charge in [-0.3, -0.25) is 10.00 Å². The maximum absolute atomic E-state index is 12.5. The van der Waals surface area contributed by atoms with Crippen LogP contribution in [0.4, 0.5) is 26.7 Å². The van der Waals surface area contributed by atoms with E-state index in [4.69, 9.17) is 9.47 Å². The molecule has 0 unspecified atom stereocenters. The van der Waals surface area contributed by atoms with Crippen LogP contribution in [-0.2, 0) is 4.74 Å². The average Bonchev–Trinajstić information content (AvgIpc) is 3.37. The Morgan fingerprint density at radius 2 is 2.03 bits per heavy atom. The van der Waals surface area contributed by atoms with Crippen LogP contribution in [0.15, 0.2) is 54.7 Å². The molecule has 9 heteroatoms. The highest BCUT2D eigenvalue weighted by Gasteiger charge is 2.26. The summed E-state index contributed by atoms with van der Waals surface area (Å²) in [5.74, 6) is 0.510. The Kier molecular flexibility index (Phi) is 5.02. The molecule has 0 aliphatic carbocycles. The number of urea groups is 1. The minimum absolute atomic E-state index is 0.308. The van der Waals surface area contributed by atoms with Gasteiger partial charge in [0, 0.05) is 11.3 Å². The van der Waals surface area contributed by atoms with Crippen LogP contribution in [0.5, 0.6) is 5.75 Å². The van der Waals surface area contributed by atoms with Crippen molar-refractivity contribution in [1.82, 2.24) is 10.2 Å². The van der Waals surface area contributed by atoms with Crippen molar-refractivity contribution in [2.45, 2.75) is 0 Å². The minimum Gasteiger partial charge on any atom is -0.495 e. The van der Waals surface area contributed by atoms with E-state index in [2.05, 4.69) is 20.8 Å². The number of cyclic esters (lactones) is 1. The van der Waals surface area contributed by atoms with Crippen LogP contribution in [0.25, 0.3) is 11.3 Å². The summed E-state index contributed by atoms with van der Waals surface area (Å²) in [5, 5.41) is 12.5. The fraction of sp³-hybridized carbons (Fsp3) is 0.150. The van der Waals surface area contributed by atoms with Crippen molar-refractivity contribution in [2.24, 2.45) is 0 Å². The lowest BCUT2D eigenvalue weighted by Crippen LogP contribution is -2.24. The Morgan fingerprint density at radius 1 is 1.21 bits per heavy atom. The Morgan fingerprint density at radius 3 is 2.76 bits per heavy atom. The highest BCUT2D eigenvalue weighted by Crippen LogP contribution is 2.33. The summed E-state index contributed by atoms with van der Waals surface area (Å²) in [6, 6.07) is 14.2. The SMILES string of the molecule is COc1ccc(NC(=O)Nc2cn[nH]c2-c2ccccc2)cc1N1CCOC1=O. The molecule has 2 aromatic carbocycles. The van der Waals surface area contributed by atoms with Gasteiger partial charge in [-0.15, -0.1) is 0 Å². The summed E-state index contributed by atoms with van der Waals surface area (Å²) in [4.78, 5) is 25.9. The number of nitrogens with one attached hydrogen (secondary N) is 3. The summed E-state index contributed by atoms with van der Waals surface area (Å²) >= 11 is 0. The van der Waals surface area contributed by atoms with Gasteiger partial charge < -0.3 is 20.1 Å². The maximum Gasteiger partial charge on any atom is 0.414 e. The van der Waals surface area contributed by atoms with Crippen LogP contribution in [0.1, 0.15) is 0 Å².